The minimum Gasteiger partial charge on any atom is -0.343 e. The van der Waals surface area contributed by atoms with Gasteiger partial charge in [0.25, 0.3) is 0 Å². The van der Waals surface area contributed by atoms with E-state index < -0.39 is 0 Å². The molecule has 1 aromatic carbocycles. The number of carbonyl (C=O) groups excluding carboxylic acids is 1. The van der Waals surface area contributed by atoms with Gasteiger partial charge in [0, 0.05) is 25.6 Å². The molecule has 0 atom stereocenters. The number of hydrogen-bond donors (Lipinski definition) is 1. The van der Waals surface area contributed by atoms with Gasteiger partial charge in [-0.1, -0.05) is 36.8 Å². The fourth-order valence-corrected chi connectivity index (χ4v) is 2.79. The first-order valence-electron chi connectivity index (χ1n) is 7.75. The summed E-state index contributed by atoms with van der Waals surface area (Å²) in [6.45, 7) is 7.06. The Hall–Kier alpha value is -1.35. The van der Waals surface area contributed by atoms with Crippen LogP contribution in [-0.4, -0.2) is 36.5 Å². The van der Waals surface area contributed by atoms with Gasteiger partial charge in [-0.05, 0) is 38.3 Å². The minimum atomic E-state index is 0.306. The van der Waals surface area contributed by atoms with E-state index in [9.17, 15) is 4.79 Å². The monoisotopic (exact) mass is 274 g/mol. The Morgan fingerprint density at radius 1 is 1.25 bits per heavy atom. The molecule has 0 aromatic heterocycles. The van der Waals surface area contributed by atoms with Crippen LogP contribution < -0.4 is 5.32 Å². The predicted octanol–water partition coefficient (Wildman–Crippen LogP) is 2.53. The van der Waals surface area contributed by atoms with Gasteiger partial charge in [0.15, 0.2) is 0 Å². The Labute approximate surface area is 122 Å². The van der Waals surface area contributed by atoms with Gasteiger partial charge in [-0.25, -0.2) is 0 Å². The number of nitrogens with zero attached hydrogens (tertiary/aromatic N) is 1. The summed E-state index contributed by atoms with van der Waals surface area (Å²) in [6, 6.07) is 9.07. The summed E-state index contributed by atoms with van der Waals surface area (Å²) in [5, 5.41) is 3.47. The number of benzene rings is 1. The average Bonchev–Trinajstić information content (AvgIpc) is 2.47. The molecule has 0 radical (unpaired) electrons. The summed E-state index contributed by atoms with van der Waals surface area (Å²) >= 11 is 0. The summed E-state index contributed by atoms with van der Waals surface area (Å²) in [7, 11) is 0. The Kier molecular flexibility index (Phi) is 5.60. The lowest BCUT2D eigenvalue weighted by Crippen LogP contribution is -2.44. The Morgan fingerprint density at radius 3 is 2.50 bits per heavy atom. The standard InChI is InChI=1S/C17H26N2O/c1-3-18-16-10-12-19(13-11-16)17(20)9-8-15-6-4-14(2)5-7-15/h4-7,16,18H,3,8-13H2,1-2H3. The zero-order valence-corrected chi connectivity index (χ0v) is 12.7. The van der Waals surface area contributed by atoms with Crippen LogP contribution in [0.2, 0.25) is 0 Å². The molecule has 1 aliphatic rings. The highest BCUT2D eigenvalue weighted by Crippen LogP contribution is 2.13. The molecular weight excluding hydrogens is 248 g/mol. The van der Waals surface area contributed by atoms with Gasteiger partial charge in [-0.15, -0.1) is 0 Å². The molecule has 1 heterocycles. The highest BCUT2D eigenvalue weighted by Gasteiger charge is 2.21. The van der Waals surface area contributed by atoms with Crippen molar-refractivity contribution >= 4 is 5.91 Å². The van der Waals surface area contributed by atoms with Crippen LogP contribution >= 0.6 is 0 Å². The van der Waals surface area contributed by atoms with Crippen molar-refractivity contribution in [1.29, 1.82) is 0 Å². The molecule has 1 aliphatic heterocycles. The Balaban J connectivity index is 1.74. The molecule has 0 bridgehead atoms. The second-order valence-corrected chi connectivity index (χ2v) is 5.70. The summed E-state index contributed by atoms with van der Waals surface area (Å²) in [5.74, 6) is 0.306. The molecule has 1 saturated heterocycles. The van der Waals surface area contributed by atoms with E-state index in [1.165, 1.54) is 11.1 Å². The number of nitrogens with one attached hydrogen (secondary N) is 1. The molecule has 1 N–H and O–H groups in total. The number of carbonyl (C=O) groups is 1. The summed E-state index contributed by atoms with van der Waals surface area (Å²) in [6.07, 6.45) is 3.66. The largest absolute Gasteiger partial charge is 0.343 e. The lowest BCUT2D eigenvalue weighted by molar-refractivity contribution is -0.132. The van der Waals surface area contributed by atoms with Crippen LogP contribution in [0.3, 0.4) is 0 Å². The number of aryl methyl sites for hydroxylation is 2. The third-order valence-electron chi connectivity index (χ3n) is 4.09. The maximum absolute atomic E-state index is 12.2. The molecule has 1 aromatic rings. The third kappa shape index (κ3) is 4.34. The van der Waals surface area contributed by atoms with Gasteiger partial charge < -0.3 is 10.2 Å². The van der Waals surface area contributed by atoms with Crippen LogP contribution in [0.4, 0.5) is 0 Å². The molecule has 0 unspecified atom stereocenters. The van der Waals surface area contributed by atoms with Crippen LogP contribution in [0.25, 0.3) is 0 Å². The van der Waals surface area contributed by atoms with Crippen LogP contribution in [0.5, 0.6) is 0 Å². The van der Waals surface area contributed by atoms with E-state index in [0.717, 1.165) is 38.9 Å². The van der Waals surface area contributed by atoms with Gasteiger partial charge in [0.1, 0.15) is 0 Å². The number of amides is 1. The number of piperidine rings is 1. The first-order chi connectivity index (χ1) is 9.69. The number of rotatable bonds is 5. The number of hydrogen-bond acceptors (Lipinski definition) is 2. The van der Waals surface area contributed by atoms with Crippen molar-refractivity contribution in [3.05, 3.63) is 35.4 Å². The molecule has 3 nitrogen and oxygen atoms in total. The van der Waals surface area contributed by atoms with Crippen molar-refractivity contribution in [2.75, 3.05) is 19.6 Å². The average molecular weight is 274 g/mol. The van der Waals surface area contributed by atoms with Crippen molar-refractivity contribution < 1.29 is 4.79 Å². The SMILES string of the molecule is CCNC1CCN(C(=O)CCc2ccc(C)cc2)CC1. The minimum absolute atomic E-state index is 0.306. The Morgan fingerprint density at radius 2 is 1.90 bits per heavy atom. The normalized spacial score (nSPS) is 16.4. The van der Waals surface area contributed by atoms with Gasteiger partial charge >= 0.3 is 0 Å². The van der Waals surface area contributed by atoms with E-state index in [1.54, 1.807) is 0 Å². The van der Waals surface area contributed by atoms with Crippen molar-refractivity contribution in [3.8, 4) is 0 Å². The van der Waals surface area contributed by atoms with Gasteiger partial charge in [-0.3, -0.25) is 4.79 Å². The van der Waals surface area contributed by atoms with Gasteiger partial charge in [-0.2, -0.15) is 0 Å². The van der Waals surface area contributed by atoms with Crippen molar-refractivity contribution in [1.82, 2.24) is 10.2 Å². The maximum Gasteiger partial charge on any atom is 0.222 e. The first-order valence-corrected chi connectivity index (χ1v) is 7.75. The summed E-state index contributed by atoms with van der Waals surface area (Å²) in [4.78, 5) is 14.2. The molecule has 20 heavy (non-hydrogen) atoms. The second-order valence-electron chi connectivity index (χ2n) is 5.70. The second kappa shape index (κ2) is 7.44. The molecular formula is C17H26N2O. The quantitative estimate of drug-likeness (QED) is 0.895. The van der Waals surface area contributed by atoms with E-state index in [1.807, 2.05) is 4.90 Å². The molecule has 3 heteroatoms. The molecule has 2 rings (SSSR count). The van der Waals surface area contributed by atoms with Crippen LogP contribution in [0.1, 0.15) is 37.3 Å². The van der Waals surface area contributed by atoms with Crippen molar-refractivity contribution in [2.45, 2.75) is 45.6 Å². The third-order valence-corrected chi connectivity index (χ3v) is 4.09. The van der Waals surface area contributed by atoms with E-state index in [2.05, 4.69) is 43.4 Å². The summed E-state index contributed by atoms with van der Waals surface area (Å²) < 4.78 is 0. The topological polar surface area (TPSA) is 32.3 Å². The molecule has 0 spiro atoms. The van der Waals surface area contributed by atoms with E-state index in [0.29, 0.717) is 18.4 Å². The van der Waals surface area contributed by atoms with Crippen LogP contribution in [0, 0.1) is 6.92 Å². The molecule has 1 fully saturated rings. The predicted molar refractivity (Wildman–Crippen MR) is 82.8 cm³/mol. The van der Waals surface area contributed by atoms with E-state index in [4.69, 9.17) is 0 Å². The molecule has 110 valence electrons. The maximum atomic E-state index is 12.2. The zero-order valence-electron chi connectivity index (χ0n) is 12.7. The van der Waals surface area contributed by atoms with Gasteiger partial charge in [0.2, 0.25) is 5.91 Å². The summed E-state index contributed by atoms with van der Waals surface area (Å²) in [5.41, 5.74) is 2.53. The fraction of sp³-hybridized carbons (Fsp3) is 0.588. The van der Waals surface area contributed by atoms with E-state index in [-0.39, 0.29) is 0 Å². The molecule has 1 amide bonds. The number of likely N-dealkylation sites (tertiary alicyclic amines) is 1. The van der Waals surface area contributed by atoms with Crippen molar-refractivity contribution in [2.24, 2.45) is 0 Å². The highest BCUT2D eigenvalue weighted by atomic mass is 16.2. The van der Waals surface area contributed by atoms with Gasteiger partial charge in [0.05, 0.1) is 0 Å². The fourth-order valence-electron chi connectivity index (χ4n) is 2.79. The zero-order chi connectivity index (χ0) is 14.4. The smallest absolute Gasteiger partial charge is 0.222 e. The molecule has 0 saturated carbocycles. The van der Waals surface area contributed by atoms with Crippen LogP contribution in [0.15, 0.2) is 24.3 Å². The van der Waals surface area contributed by atoms with E-state index >= 15 is 0 Å². The Bertz CT molecular complexity index is 419. The van der Waals surface area contributed by atoms with Crippen LogP contribution in [-0.2, 0) is 11.2 Å². The lowest BCUT2D eigenvalue weighted by Gasteiger charge is -2.32. The molecule has 0 aliphatic carbocycles. The first kappa shape index (κ1) is 15.0. The van der Waals surface area contributed by atoms with Crippen molar-refractivity contribution in [3.63, 3.8) is 0 Å². The highest BCUT2D eigenvalue weighted by molar-refractivity contribution is 5.76. The lowest BCUT2D eigenvalue weighted by atomic mass is 10.0.